The largest absolute Gasteiger partial charge is 0.299 e. The third kappa shape index (κ3) is 1.33. The molecule has 0 radical (unpaired) electrons. The smallest absolute Gasteiger partial charge is 0.141 e. The van der Waals surface area contributed by atoms with Crippen molar-refractivity contribution < 1.29 is 4.79 Å². The summed E-state index contributed by atoms with van der Waals surface area (Å²) in [5, 5.41) is 2.05. The zero-order valence-corrected chi connectivity index (χ0v) is 8.93. The predicted molar refractivity (Wildman–Crippen MR) is 57.4 cm³/mol. The quantitative estimate of drug-likeness (QED) is 0.743. The molecule has 2 aliphatic carbocycles. The molecule has 14 heavy (non-hydrogen) atoms. The highest BCUT2D eigenvalue weighted by atomic mass is 32.1. The Morgan fingerprint density at radius 1 is 1.43 bits per heavy atom. The van der Waals surface area contributed by atoms with Gasteiger partial charge in [0.1, 0.15) is 5.78 Å². The van der Waals surface area contributed by atoms with E-state index in [2.05, 4.69) is 11.4 Å². The van der Waals surface area contributed by atoms with E-state index >= 15 is 0 Å². The lowest BCUT2D eigenvalue weighted by Crippen LogP contribution is -2.07. The standard InChI is InChI=1S/C12H14OS/c13-11(7-8-3-2-6-14-8)12-9-4-1-5-10(9)12/h2-3,6,9-10,12H,1,4-5,7H2. The first-order chi connectivity index (χ1) is 6.86. The number of carbonyl (C=O) groups excluding carboxylic acids is 1. The zero-order chi connectivity index (χ0) is 9.54. The fraction of sp³-hybridized carbons (Fsp3) is 0.583. The van der Waals surface area contributed by atoms with Gasteiger partial charge in [-0.3, -0.25) is 4.79 Å². The van der Waals surface area contributed by atoms with Crippen LogP contribution in [0.1, 0.15) is 24.1 Å². The molecule has 0 N–H and O–H groups in total. The van der Waals surface area contributed by atoms with Crippen molar-refractivity contribution >= 4 is 17.1 Å². The van der Waals surface area contributed by atoms with Gasteiger partial charge >= 0.3 is 0 Å². The van der Waals surface area contributed by atoms with E-state index in [9.17, 15) is 4.79 Å². The van der Waals surface area contributed by atoms with E-state index in [1.165, 1.54) is 24.1 Å². The van der Waals surface area contributed by atoms with Gasteiger partial charge in [-0.25, -0.2) is 0 Å². The summed E-state index contributed by atoms with van der Waals surface area (Å²) in [6.07, 6.45) is 4.67. The molecule has 1 aromatic rings. The van der Waals surface area contributed by atoms with Crippen molar-refractivity contribution in [3.05, 3.63) is 22.4 Å². The first kappa shape index (κ1) is 8.66. The van der Waals surface area contributed by atoms with E-state index in [1.807, 2.05) is 6.07 Å². The Bertz CT molecular complexity index is 331. The maximum absolute atomic E-state index is 11.9. The molecule has 0 aromatic carbocycles. The number of rotatable bonds is 3. The first-order valence-corrected chi connectivity index (χ1v) is 6.29. The average Bonchev–Trinajstić information content (AvgIpc) is 2.63. The van der Waals surface area contributed by atoms with Crippen LogP contribution in [0.15, 0.2) is 17.5 Å². The SMILES string of the molecule is O=C(Cc1cccs1)C1C2CCCC21. The fourth-order valence-electron chi connectivity index (χ4n) is 3.00. The van der Waals surface area contributed by atoms with Crippen LogP contribution in [-0.4, -0.2) is 5.78 Å². The molecule has 2 saturated carbocycles. The van der Waals surface area contributed by atoms with Crippen molar-refractivity contribution in [2.75, 3.05) is 0 Å². The average molecular weight is 206 g/mol. The minimum Gasteiger partial charge on any atom is -0.299 e. The Kier molecular flexibility index (Phi) is 1.98. The molecule has 2 aliphatic rings. The van der Waals surface area contributed by atoms with Crippen LogP contribution < -0.4 is 0 Å². The van der Waals surface area contributed by atoms with Crippen LogP contribution in [0.25, 0.3) is 0 Å². The van der Waals surface area contributed by atoms with E-state index in [-0.39, 0.29) is 0 Å². The van der Waals surface area contributed by atoms with Gasteiger partial charge in [-0.05, 0) is 36.1 Å². The van der Waals surface area contributed by atoms with E-state index in [1.54, 1.807) is 11.3 Å². The zero-order valence-electron chi connectivity index (χ0n) is 8.11. The monoisotopic (exact) mass is 206 g/mol. The molecule has 1 heterocycles. The molecular formula is C12H14OS. The predicted octanol–water partition coefficient (Wildman–Crippen LogP) is 2.91. The van der Waals surface area contributed by atoms with Crippen molar-refractivity contribution in [1.82, 2.24) is 0 Å². The number of ketones is 1. The van der Waals surface area contributed by atoms with Gasteiger partial charge in [-0.15, -0.1) is 11.3 Å². The molecule has 2 heteroatoms. The highest BCUT2D eigenvalue weighted by Crippen LogP contribution is 2.58. The van der Waals surface area contributed by atoms with Crippen molar-refractivity contribution in [1.29, 1.82) is 0 Å². The van der Waals surface area contributed by atoms with Gasteiger partial charge in [-0.1, -0.05) is 12.5 Å². The molecule has 2 fully saturated rings. The highest BCUT2D eigenvalue weighted by Gasteiger charge is 2.55. The van der Waals surface area contributed by atoms with Crippen LogP contribution in [0, 0.1) is 17.8 Å². The van der Waals surface area contributed by atoms with Gasteiger partial charge in [0.15, 0.2) is 0 Å². The summed E-state index contributed by atoms with van der Waals surface area (Å²) in [5.74, 6) is 2.51. The van der Waals surface area contributed by atoms with Gasteiger partial charge in [-0.2, -0.15) is 0 Å². The topological polar surface area (TPSA) is 17.1 Å². The van der Waals surface area contributed by atoms with Crippen molar-refractivity contribution in [2.24, 2.45) is 17.8 Å². The molecule has 2 atom stereocenters. The second kappa shape index (κ2) is 3.20. The van der Waals surface area contributed by atoms with E-state index in [0.717, 1.165) is 11.8 Å². The summed E-state index contributed by atoms with van der Waals surface area (Å²) < 4.78 is 0. The van der Waals surface area contributed by atoms with Gasteiger partial charge in [0.25, 0.3) is 0 Å². The highest BCUT2D eigenvalue weighted by molar-refractivity contribution is 7.10. The Labute approximate surface area is 88.1 Å². The third-order valence-electron chi connectivity index (χ3n) is 3.71. The number of carbonyl (C=O) groups is 1. The minimum atomic E-state index is 0.450. The molecule has 2 unspecified atom stereocenters. The summed E-state index contributed by atoms with van der Waals surface area (Å²) in [7, 11) is 0. The summed E-state index contributed by atoms with van der Waals surface area (Å²) in [6.45, 7) is 0. The van der Waals surface area contributed by atoms with Gasteiger partial charge in [0.05, 0.1) is 0 Å². The van der Waals surface area contributed by atoms with Crippen LogP contribution >= 0.6 is 11.3 Å². The lowest BCUT2D eigenvalue weighted by Gasteiger charge is -2.00. The van der Waals surface area contributed by atoms with Crippen molar-refractivity contribution in [3.63, 3.8) is 0 Å². The summed E-state index contributed by atoms with van der Waals surface area (Å²) in [5.41, 5.74) is 0. The van der Waals surface area contributed by atoms with Crippen LogP contribution in [0.3, 0.4) is 0 Å². The number of thiophene rings is 1. The van der Waals surface area contributed by atoms with Crippen LogP contribution in [0.5, 0.6) is 0 Å². The molecule has 0 spiro atoms. The molecule has 74 valence electrons. The van der Waals surface area contributed by atoms with E-state index < -0.39 is 0 Å². The molecule has 0 saturated heterocycles. The first-order valence-electron chi connectivity index (χ1n) is 5.41. The Morgan fingerprint density at radius 3 is 2.86 bits per heavy atom. The van der Waals surface area contributed by atoms with Crippen molar-refractivity contribution in [2.45, 2.75) is 25.7 Å². The lowest BCUT2D eigenvalue weighted by atomic mass is 10.1. The third-order valence-corrected chi connectivity index (χ3v) is 4.58. The van der Waals surface area contributed by atoms with Gasteiger partial charge in [0.2, 0.25) is 0 Å². The normalized spacial score (nSPS) is 34.1. The minimum absolute atomic E-state index is 0.450. The molecule has 0 bridgehead atoms. The Balaban J connectivity index is 1.62. The van der Waals surface area contributed by atoms with Gasteiger partial charge in [0, 0.05) is 17.2 Å². The summed E-state index contributed by atoms with van der Waals surface area (Å²) in [4.78, 5) is 13.1. The van der Waals surface area contributed by atoms with Crippen LogP contribution in [0.2, 0.25) is 0 Å². The maximum atomic E-state index is 11.9. The molecule has 0 aliphatic heterocycles. The van der Waals surface area contributed by atoms with E-state index in [0.29, 0.717) is 18.1 Å². The molecule has 1 nitrogen and oxygen atoms in total. The second-order valence-corrected chi connectivity index (χ2v) is 5.54. The fourth-order valence-corrected chi connectivity index (χ4v) is 3.72. The summed E-state index contributed by atoms with van der Waals surface area (Å²) in [6, 6.07) is 4.10. The molecular weight excluding hydrogens is 192 g/mol. The van der Waals surface area contributed by atoms with Crippen LogP contribution in [-0.2, 0) is 11.2 Å². The number of hydrogen-bond acceptors (Lipinski definition) is 2. The number of Topliss-reactive ketones (excluding diaryl/α,β-unsaturated/α-hetero) is 1. The Hall–Kier alpha value is -0.630. The lowest BCUT2D eigenvalue weighted by molar-refractivity contribution is -0.120. The number of fused-ring (bicyclic) bond motifs is 1. The molecule has 3 rings (SSSR count). The van der Waals surface area contributed by atoms with E-state index in [4.69, 9.17) is 0 Å². The maximum Gasteiger partial charge on any atom is 0.141 e. The Morgan fingerprint density at radius 2 is 2.21 bits per heavy atom. The van der Waals surface area contributed by atoms with Crippen molar-refractivity contribution in [3.8, 4) is 0 Å². The van der Waals surface area contributed by atoms with Gasteiger partial charge < -0.3 is 0 Å². The molecule has 1 aromatic heterocycles. The second-order valence-electron chi connectivity index (χ2n) is 4.51. The summed E-state index contributed by atoms with van der Waals surface area (Å²) >= 11 is 1.70. The molecule has 0 amide bonds. The van der Waals surface area contributed by atoms with Crippen LogP contribution in [0.4, 0.5) is 0 Å². The number of hydrogen-bond donors (Lipinski definition) is 0.